The smallest absolute Gasteiger partial charge is 0.343 e. The molecule has 3 N–H and O–H groups in total. The SMILES string of the molecule is COc1cc2n[nH]nc2c(O)c1C(=O)O.[Ag]. The molecule has 89 valence electrons. The number of rotatable bonds is 2. The summed E-state index contributed by atoms with van der Waals surface area (Å²) in [6, 6.07) is 1.39. The fourth-order valence-electron chi connectivity index (χ4n) is 1.31. The molecule has 1 radical (unpaired) electrons. The summed E-state index contributed by atoms with van der Waals surface area (Å²) in [7, 11) is 1.31. The molecule has 0 saturated carbocycles. The van der Waals surface area contributed by atoms with Gasteiger partial charge in [0.15, 0.2) is 11.3 Å². The van der Waals surface area contributed by atoms with Crippen molar-refractivity contribution in [2.45, 2.75) is 0 Å². The van der Waals surface area contributed by atoms with Crippen LogP contribution in [0.4, 0.5) is 0 Å². The largest absolute Gasteiger partial charge is 0.505 e. The van der Waals surface area contributed by atoms with Crippen molar-refractivity contribution in [1.29, 1.82) is 0 Å². The third kappa shape index (κ3) is 1.75. The van der Waals surface area contributed by atoms with Gasteiger partial charge in [-0.15, -0.1) is 0 Å². The minimum atomic E-state index is -1.28. The number of hydrogen-bond acceptors (Lipinski definition) is 5. The van der Waals surface area contributed by atoms with Crippen LogP contribution in [0, 0.1) is 0 Å². The van der Waals surface area contributed by atoms with Crippen molar-refractivity contribution in [2.75, 3.05) is 7.11 Å². The Morgan fingerprint density at radius 2 is 2.19 bits per heavy atom. The van der Waals surface area contributed by atoms with Crippen molar-refractivity contribution >= 4 is 17.0 Å². The first-order valence-electron chi connectivity index (χ1n) is 3.99. The van der Waals surface area contributed by atoms with E-state index in [4.69, 9.17) is 9.84 Å². The van der Waals surface area contributed by atoms with E-state index in [9.17, 15) is 9.90 Å². The van der Waals surface area contributed by atoms with E-state index in [0.717, 1.165) is 0 Å². The molecule has 7 nitrogen and oxygen atoms in total. The molecule has 2 rings (SSSR count). The van der Waals surface area contributed by atoms with Crippen molar-refractivity contribution in [1.82, 2.24) is 15.4 Å². The Hall–Kier alpha value is -1.57. The molecule has 0 saturated heterocycles. The van der Waals surface area contributed by atoms with Crippen LogP contribution < -0.4 is 4.74 Å². The van der Waals surface area contributed by atoms with Crippen molar-refractivity contribution < 1.29 is 42.1 Å². The van der Waals surface area contributed by atoms with E-state index >= 15 is 0 Å². The number of aromatic carboxylic acids is 1. The second-order valence-electron chi connectivity index (χ2n) is 2.80. The zero-order valence-corrected chi connectivity index (χ0v) is 9.47. The van der Waals surface area contributed by atoms with Crippen LogP contribution >= 0.6 is 0 Å². The van der Waals surface area contributed by atoms with Crippen molar-refractivity contribution in [3.8, 4) is 11.5 Å². The normalized spacial score (nSPS) is 9.81. The quantitative estimate of drug-likeness (QED) is 0.691. The molecule has 0 atom stereocenters. The Balaban J connectivity index is 0.00000128. The monoisotopic (exact) mass is 316 g/mol. The molecule has 0 aliphatic heterocycles. The zero-order valence-electron chi connectivity index (χ0n) is 7.98. The number of carbonyl (C=O) groups is 1. The van der Waals surface area contributed by atoms with Gasteiger partial charge in [0.1, 0.15) is 16.8 Å². The van der Waals surface area contributed by atoms with Gasteiger partial charge in [-0.25, -0.2) is 4.79 Å². The average molecular weight is 317 g/mol. The van der Waals surface area contributed by atoms with E-state index in [1.165, 1.54) is 13.2 Å². The number of phenols is 1. The van der Waals surface area contributed by atoms with Crippen LogP contribution in [0.25, 0.3) is 11.0 Å². The van der Waals surface area contributed by atoms with E-state index in [1.54, 1.807) is 0 Å². The summed E-state index contributed by atoms with van der Waals surface area (Å²) >= 11 is 0. The number of fused-ring (bicyclic) bond motifs is 1. The zero-order chi connectivity index (χ0) is 11.0. The number of aromatic nitrogens is 3. The molecule has 8 heteroatoms. The number of nitrogens with one attached hydrogen (secondary N) is 1. The third-order valence-electron chi connectivity index (χ3n) is 1.98. The second-order valence-corrected chi connectivity index (χ2v) is 2.80. The number of methoxy groups -OCH3 is 1. The van der Waals surface area contributed by atoms with Gasteiger partial charge in [-0.05, 0) is 0 Å². The molecule has 0 fully saturated rings. The molecule has 2 aromatic rings. The van der Waals surface area contributed by atoms with Crippen LogP contribution in [0.5, 0.6) is 11.5 Å². The Morgan fingerprint density at radius 3 is 2.75 bits per heavy atom. The van der Waals surface area contributed by atoms with Crippen LogP contribution in [-0.4, -0.2) is 38.7 Å². The number of ether oxygens (including phenoxy) is 1. The van der Waals surface area contributed by atoms with Crippen LogP contribution in [0.2, 0.25) is 0 Å². The summed E-state index contributed by atoms with van der Waals surface area (Å²) < 4.78 is 4.84. The number of aromatic amines is 1. The van der Waals surface area contributed by atoms with Crippen molar-refractivity contribution in [3.63, 3.8) is 0 Å². The van der Waals surface area contributed by atoms with E-state index in [1.807, 2.05) is 0 Å². The van der Waals surface area contributed by atoms with Crippen LogP contribution in [0.3, 0.4) is 0 Å². The van der Waals surface area contributed by atoms with Gasteiger partial charge in [0.2, 0.25) is 0 Å². The summed E-state index contributed by atoms with van der Waals surface area (Å²) in [6.07, 6.45) is 0. The predicted octanol–water partition coefficient (Wildman–Crippen LogP) is 0.368. The van der Waals surface area contributed by atoms with Gasteiger partial charge in [0, 0.05) is 28.4 Å². The Labute approximate surface area is 105 Å². The van der Waals surface area contributed by atoms with Crippen LogP contribution in [-0.2, 0) is 22.4 Å². The molecular weight excluding hydrogens is 310 g/mol. The van der Waals surface area contributed by atoms with Gasteiger partial charge in [-0.2, -0.15) is 15.4 Å². The summed E-state index contributed by atoms with van der Waals surface area (Å²) in [5.41, 5.74) is 0.126. The number of carboxylic acid groups (broad SMARTS) is 1. The number of hydrogen-bond donors (Lipinski definition) is 3. The molecule has 0 aliphatic rings. The molecule has 0 bridgehead atoms. The third-order valence-corrected chi connectivity index (χ3v) is 1.98. The van der Waals surface area contributed by atoms with Crippen LogP contribution in [0.1, 0.15) is 10.4 Å². The standard InChI is InChI=1S/C8H7N3O4.Ag/c1-15-4-2-3-6(10-11-9-3)7(12)5(4)8(13)14;/h2,12H,1H3,(H,13,14)(H,9,10,11);. The summed E-state index contributed by atoms with van der Waals surface area (Å²) in [6.45, 7) is 0. The first-order chi connectivity index (χ1) is 7.15. The molecule has 1 aromatic heterocycles. The van der Waals surface area contributed by atoms with Gasteiger partial charge in [0.25, 0.3) is 0 Å². The summed E-state index contributed by atoms with van der Waals surface area (Å²) in [5, 5.41) is 28.2. The molecule has 0 aliphatic carbocycles. The van der Waals surface area contributed by atoms with Crippen molar-refractivity contribution in [2.24, 2.45) is 0 Å². The Kier molecular flexibility index (Phi) is 3.53. The number of nitrogens with zero attached hydrogens (tertiary/aromatic N) is 2. The minimum absolute atomic E-state index is 0. The molecule has 1 aromatic carbocycles. The molecule has 1 heterocycles. The summed E-state index contributed by atoms with van der Waals surface area (Å²) in [4.78, 5) is 10.9. The topological polar surface area (TPSA) is 108 Å². The second kappa shape index (κ2) is 4.52. The minimum Gasteiger partial charge on any atom is -0.505 e. The Morgan fingerprint density at radius 1 is 1.50 bits per heavy atom. The predicted molar refractivity (Wildman–Crippen MR) is 49.1 cm³/mol. The van der Waals surface area contributed by atoms with Crippen molar-refractivity contribution in [3.05, 3.63) is 11.6 Å². The van der Waals surface area contributed by atoms with Gasteiger partial charge in [-0.1, -0.05) is 0 Å². The average Bonchev–Trinajstić information content (AvgIpc) is 2.64. The van der Waals surface area contributed by atoms with Gasteiger partial charge in [-0.3, -0.25) is 0 Å². The maximum absolute atomic E-state index is 10.9. The maximum Gasteiger partial charge on any atom is 0.343 e. The fourth-order valence-corrected chi connectivity index (χ4v) is 1.31. The molecule has 0 amide bonds. The van der Waals surface area contributed by atoms with E-state index in [-0.39, 0.29) is 39.2 Å². The first kappa shape index (κ1) is 12.5. The Bertz CT molecular complexity index is 539. The van der Waals surface area contributed by atoms with E-state index in [0.29, 0.717) is 5.52 Å². The van der Waals surface area contributed by atoms with Gasteiger partial charge in [0.05, 0.1) is 7.11 Å². The fraction of sp³-hybridized carbons (Fsp3) is 0.125. The van der Waals surface area contributed by atoms with Gasteiger partial charge < -0.3 is 14.9 Å². The molecule has 0 unspecified atom stereocenters. The number of carboxylic acids is 1. The number of aromatic hydroxyl groups is 1. The van der Waals surface area contributed by atoms with E-state index < -0.39 is 11.7 Å². The maximum atomic E-state index is 10.9. The molecule has 0 spiro atoms. The summed E-state index contributed by atoms with van der Waals surface area (Å²) in [5.74, 6) is -1.69. The molecule has 16 heavy (non-hydrogen) atoms. The number of benzene rings is 1. The number of H-pyrrole nitrogens is 1. The first-order valence-corrected chi connectivity index (χ1v) is 3.99. The van der Waals surface area contributed by atoms with Gasteiger partial charge >= 0.3 is 5.97 Å². The molecular formula is C8H7AgN3O4. The van der Waals surface area contributed by atoms with E-state index in [2.05, 4.69) is 15.4 Å². The van der Waals surface area contributed by atoms with Crippen LogP contribution in [0.15, 0.2) is 6.07 Å².